The molecule has 0 saturated carbocycles. The second-order valence-electron chi connectivity index (χ2n) is 10.1. The van der Waals surface area contributed by atoms with Gasteiger partial charge < -0.3 is 10.3 Å². The van der Waals surface area contributed by atoms with Crippen LogP contribution in [0.15, 0.2) is 79.3 Å². The van der Waals surface area contributed by atoms with Crippen LogP contribution in [0.2, 0.25) is 0 Å². The molecule has 0 aliphatic heterocycles. The maximum absolute atomic E-state index is 12.9. The first-order chi connectivity index (χ1) is 19.0. The summed E-state index contributed by atoms with van der Waals surface area (Å²) in [4.78, 5) is 29.8. The fraction of sp³-hybridized carbons (Fsp3) is 0.344. The van der Waals surface area contributed by atoms with Gasteiger partial charge in [-0.3, -0.25) is 19.6 Å². The van der Waals surface area contributed by atoms with E-state index in [2.05, 4.69) is 69.0 Å². The molecule has 2 aromatic heterocycles. The first-order valence-electron chi connectivity index (χ1n) is 13.9. The van der Waals surface area contributed by atoms with Crippen LogP contribution in [-0.2, 0) is 26.2 Å². The highest BCUT2D eigenvalue weighted by atomic mass is 16.1. The minimum atomic E-state index is -0.107. The third-order valence-electron chi connectivity index (χ3n) is 6.61. The van der Waals surface area contributed by atoms with Crippen molar-refractivity contribution in [3.05, 3.63) is 113 Å². The molecular weight excluding hydrogens is 484 g/mol. The molecule has 0 spiro atoms. The van der Waals surface area contributed by atoms with Crippen molar-refractivity contribution in [2.24, 2.45) is 0 Å². The topological polar surface area (TPSA) is 77.2 Å². The lowest BCUT2D eigenvalue weighted by Gasteiger charge is -2.21. The number of amides is 1. The number of hydrogen-bond acceptors (Lipinski definition) is 5. The first kappa shape index (κ1) is 28.2. The van der Waals surface area contributed by atoms with Crippen LogP contribution < -0.4 is 5.32 Å². The van der Waals surface area contributed by atoms with E-state index >= 15 is 0 Å². The molecule has 0 atom stereocenters. The number of carbonyl (C=O) groups is 1. The molecule has 4 aromatic rings. The number of aryl methyl sites for hydroxylation is 1. The maximum atomic E-state index is 12.9. The molecule has 7 heteroatoms. The van der Waals surface area contributed by atoms with E-state index in [1.807, 2.05) is 54.9 Å². The number of benzene rings is 2. The van der Waals surface area contributed by atoms with Crippen molar-refractivity contribution in [3.8, 4) is 0 Å². The zero-order chi connectivity index (χ0) is 27.5. The molecule has 2 heterocycles. The SMILES string of the molecule is CCCN(CCC)Cc1ccc(NC(=O)c2ccc(CN(Cc3cc(C)ccn3)Cc3ncc[nH]3)cc2)cc1. The van der Waals surface area contributed by atoms with E-state index in [9.17, 15) is 4.79 Å². The Kier molecular flexibility index (Phi) is 10.4. The Bertz CT molecular complexity index is 1280. The summed E-state index contributed by atoms with van der Waals surface area (Å²) in [5.74, 6) is 0.803. The predicted molar refractivity (Wildman–Crippen MR) is 157 cm³/mol. The van der Waals surface area contributed by atoms with E-state index in [0.717, 1.165) is 55.2 Å². The summed E-state index contributed by atoms with van der Waals surface area (Å²) in [6.45, 7) is 11.7. The van der Waals surface area contributed by atoms with Crippen LogP contribution >= 0.6 is 0 Å². The molecular formula is C32H40N6O. The van der Waals surface area contributed by atoms with Gasteiger partial charge in [-0.1, -0.05) is 38.1 Å². The molecule has 0 unspecified atom stereocenters. The monoisotopic (exact) mass is 524 g/mol. The number of nitrogens with one attached hydrogen (secondary N) is 2. The fourth-order valence-electron chi connectivity index (χ4n) is 4.76. The van der Waals surface area contributed by atoms with Crippen LogP contribution in [0.5, 0.6) is 0 Å². The number of pyridine rings is 1. The normalized spacial score (nSPS) is 11.3. The fourth-order valence-corrected chi connectivity index (χ4v) is 4.76. The standard InChI is InChI=1S/C32H40N6O/c1-4-18-37(19-5-2)21-27-8-12-29(13-9-27)36-32(39)28-10-6-26(7-11-28)22-38(24-31-34-16-17-35-31)23-30-20-25(3)14-15-33-30/h6-17,20H,4-5,18-19,21-24H2,1-3H3,(H,34,35)(H,36,39). The lowest BCUT2D eigenvalue weighted by Crippen LogP contribution is -2.24. The van der Waals surface area contributed by atoms with Gasteiger partial charge in [0.1, 0.15) is 5.82 Å². The van der Waals surface area contributed by atoms with Gasteiger partial charge in [0.2, 0.25) is 0 Å². The Balaban J connectivity index is 1.36. The van der Waals surface area contributed by atoms with E-state index in [4.69, 9.17) is 0 Å². The molecule has 0 radical (unpaired) electrons. The predicted octanol–water partition coefficient (Wildman–Crippen LogP) is 6.19. The summed E-state index contributed by atoms with van der Waals surface area (Å²) in [5, 5.41) is 3.03. The summed E-state index contributed by atoms with van der Waals surface area (Å²) in [6, 6.07) is 20.1. The average molecular weight is 525 g/mol. The van der Waals surface area contributed by atoms with Gasteiger partial charge in [0.05, 0.1) is 12.2 Å². The second-order valence-corrected chi connectivity index (χ2v) is 10.1. The highest BCUT2D eigenvalue weighted by molar-refractivity contribution is 6.04. The van der Waals surface area contributed by atoms with Crippen molar-refractivity contribution in [2.45, 2.75) is 59.8 Å². The maximum Gasteiger partial charge on any atom is 0.255 e. The molecule has 0 fully saturated rings. The Morgan fingerprint density at radius 3 is 2.08 bits per heavy atom. The van der Waals surface area contributed by atoms with Crippen molar-refractivity contribution in [2.75, 3.05) is 18.4 Å². The van der Waals surface area contributed by atoms with Gasteiger partial charge in [0, 0.05) is 49.5 Å². The Labute approximate surface area is 232 Å². The van der Waals surface area contributed by atoms with E-state index in [-0.39, 0.29) is 5.91 Å². The van der Waals surface area contributed by atoms with Gasteiger partial charge in [0.15, 0.2) is 0 Å². The zero-order valence-corrected chi connectivity index (χ0v) is 23.4. The molecule has 0 bridgehead atoms. The van der Waals surface area contributed by atoms with Crippen molar-refractivity contribution in [1.29, 1.82) is 0 Å². The number of carbonyl (C=O) groups excluding carboxylic acids is 1. The van der Waals surface area contributed by atoms with Gasteiger partial charge >= 0.3 is 0 Å². The smallest absolute Gasteiger partial charge is 0.255 e. The van der Waals surface area contributed by atoms with Crippen LogP contribution in [0.3, 0.4) is 0 Å². The summed E-state index contributed by atoms with van der Waals surface area (Å²) >= 11 is 0. The summed E-state index contributed by atoms with van der Waals surface area (Å²) in [5.41, 5.74) is 6.04. The van der Waals surface area contributed by atoms with Gasteiger partial charge in [0.25, 0.3) is 5.91 Å². The lowest BCUT2D eigenvalue weighted by atomic mass is 10.1. The molecule has 2 N–H and O–H groups in total. The number of hydrogen-bond donors (Lipinski definition) is 2. The molecule has 39 heavy (non-hydrogen) atoms. The van der Waals surface area contributed by atoms with Crippen LogP contribution in [0.1, 0.15) is 65.3 Å². The zero-order valence-electron chi connectivity index (χ0n) is 23.4. The third-order valence-corrected chi connectivity index (χ3v) is 6.61. The molecule has 204 valence electrons. The molecule has 1 amide bonds. The quantitative estimate of drug-likeness (QED) is 0.206. The van der Waals surface area contributed by atoms with Gasteiger partial charge in [-0.15, -0.1) is 0 Å². The summed E-state index contributed by atoms with van der Waals surface area (Å²) < 4.78 is 0. The molecule has 0 saturated heterocycles. The Hall–Kier alpha value is -3.81. The van der Waals surface area contributed by atoms with E-state index in [1.54, 1.807) is 6.20 Å². The highest BCUT2D eigenvalue weighted by Crippen LogP contribution is 2.16. The molecule has 2 aromatic carbocycles. The number of anilines is 1. The van der Waals surface area contributed by atoms with Gasteiger partial charge in [-0.25, -0.2) is 4.98 Å². The van der Waals surface area contributed by atoms with Crippen LogP contribution in [0.4, 0.5) is 5.69 Å². The number of aromatic nitrogens is 3. The molecule has 4 rings (SSSR count). The second kappa shape index (κ2) is 14.4. The highest BCUT2D eigenvalue weighted by Gasteiger charge is 2.12. The van der Waals surface area contributed by atoms with Crippen molar-refractivity contribution in [1.82, 2.24) is 24.8 Å². The first-order valence-corrected chi connectivity index (χ1v) is 13.9. The van der Waals surface area contributed by atoms with E-state index in [1.165, 1.54) is 11.1 Å². The average Bonchev–Trinajstić information content (AvgIpc) is 3.43. The summed E-state index contributed by atoms with van der Waals surface area (Å²) in [7, 11) is 0. The van der Waals surface area contributed by atoms with Crippen LogP contribution in [0, 0.1) is 6.92 Å². The van der Waals surface area contributed by atoms with Crippen LogP contribution in [-0.4, -0.2) is 43.7 Å². The molecule has 7 nitrogen and oxygen atoms in total. The van der Waals surface area contributed by atoms with Crippen molar-refractivity contribution >= 4 is 11.6 Å². The molecule has 0 aliphatic rings. The van der Waals surface area contributed by atoms with Gasteiger partial charge in [-0.05, 0) is 85.9 Å². The van der Waals surface area contributed by atoms with E-state index in [0.29, 0.717) is 25.2 Å². The van der Waals surface area contributed by atoms with Gasteiger partial charge in [-0.2, -0.15) is 0 Å². The van der Waals surface area contributed by atoms with Crippen LogP contribution in [0.25, 0.3) is 0 Å². The van der Waals surface area contributed by atoms with E-state index < -0.39 is 0 Å². The Morgan fingerprint density at radius 1 is 0.795 bits per heavy atom. The number of H-pyrrole nitrogens is 1. The molecule has 0 aliphatic carbocycles. The number of aromatic amines is 1. The minimum absolute atomic E-state index is 0.107. The largest absolute Gasteiger partial charge is 0.348 e. The van der Waals surface area contributed by atoms with Crippen molar-refractivity contribution in [3.63, 3.8) is 0 Å². The number of imidazole rings is 1. The third kappa shape index (κ3) is 8.87. The Morgan fingerprint density at radius 2 is 1.46 bits per heavy atom. The number of rotatable bonds is 14. The van der Waals surface area contributed by atoms with Crippen molar-refractivity contribution < 1.29 is 4.79 Å². The number of nitrogens with zero attached hydrogens (tertiary/aromatic N) is 4. The minimum Gasteiger partial charge on any atom is -0.348 e. The summed E-state index contributed by atoms with van der Waals surface area (Å²) in [6.07, 6.45) is 7.77. The lowest BCUT2D eigenvalue weighted by molar-refractivity contribution is 0.102.